The molecule has 0 bridgehead atoms. The van der Waals surface area contributed by atoms with Gasteiger partial charge in [0.2, 0.25) is 0 Å². The molecule has 220 valence electrons. The van der Waals surface area contributed by atoms with Crippen LogP contribution in [-0.4, -0.2) is 48.6 Å². The summed E-state index contributed by atoms with van der Waals surface area (Å²) in [7, 11) is 0. The van der Waals surface area contributed by atoms with Gasteiger partial charge in [-0.3, -0.25) is 9.59 Å². The lowest BCUT2D eigenvalue weighted by atomic mass is 9.84. The number of carbonyl (C=O) groups excluding carboxylic acids is 2. The molecular formula is C31H33Cl5N2O3. The lowest BCUT2D eigenvalue weighted by Crippen LogP contribution is -2.48. The predicted molar refractivity (Wildman–Crippen MR) is 170 cm³/mol. The minimum absolute atomic E-state index is 0. The molecule has 1 atom stereocenters. The van der Waals surface area contributed by atoms with Gasteiger partial charge >= 0.3 is 5.97 Å². The van der Waals surface area contributed by atoms with Crippen molar-refractivity contribution in [2.24, 2.45) is 0 Å². The fourth-order valence-electron chi connectivity index (χ4n) is 5.25. The summed E-state index contributed by atoms with van der Waals surface area (Å²) < 4.78 is 5.92. The van der Waals surface area contributed by atoms with Gasteiger partial charge in [-0.15, -0.1) is 12.4 Å². The maximum absolute atomic E-state index is 12.9. The summed E-state index contributed by atoms with van der Waals surface area (Å²) in [5.74, 6) is -0.522. The van der Waals surface area contributed by atoms with E-state index in [-0.39, 0.29) is 30.2 Å². The number of nitrogens with one attached hydrogen (secondary N) is 1. The fourth-order valence-corrected chi connectivity index (χ4v) is 6.05. The normalized spacial score (nSPS) is 15.4. The second-order valence-electron chi connectivity index (χ2n) is 10.3. The fraction of sp³-hybridized carbons (Fsp3) is 0.355. The third kappa shape index (κ3) is 9.51. The van der Waals surface area contributed by atoms with Crippen LogP contribution in [0.5, 0.6) is 0 Å². The van der Waals surface area contributed by atoms with Crippen molar-refractivity contribution >= 4 is 70.7 Å². The zero-order chi connectivity index (χ0) is 28.7. The SMILES string of the molecule is CC(=O)OC1(Cc2ccccc2)CCN(CCC(CNC(=O)c2ccc(Cl)cc2Cl)c2ccc(Cl)c(Cl)c2)CC1.Cl. The number of halogens is 5. The Morgan fingerprint density at radius 3 is 2.27 bits per heavy atom. The number of carbonyl (C=O) groups is 2. The highest BCUT2D eigenvalue weighted by Crippen LogP contribution is 2.33. The van der Waals surface area contributed by atoms with Gasteiger partial charge in [-0.2, -0.15) is 0 Å². The standard InChI is InChI=1S/C31H32Cl4N2O3.ClH/c1-21(38)40-31(19-22-5-3-2-4-6-22)12-15-37(16-13-31)14-11-24(23-7-10-27(33)29(35)17-23)20-36-30(39)26-9-8-25(32)18-28(26)34;/h2-10,17-18,24H,11-16,19-20H2,1H3,(H,36,39);1H. The van der Waals surface area contributed by atoms with Gasteiger partial charge in [-0.05, 0) is 54.4 Å². The zero-order valence-electron chi connectivity index (χ0n) is 22.7. The van der Waals surface area contributed by atoms with E-state index in [9.17, 15) is 9.59 Å². The second-order valence-corrected chi connectivity index (χ2v) is 11.9. The number of ether oxygens (including phenoxy) is 1. The summed E-state index contributed by atoms with van der Waals surface area (Å²) in [5.41, 5.74) is 2.02. The van der Waals surface area contributed by atoms with Gasteiger partial charge in [0.05, 0.1) is 20.6 Å². The Bertz CT molecular complexity index is 1330. The van der Waals surface area contributed by atoms with Crippen LogP contribution in [0.15, 0.2) is 66.7 Å². The molecule has 4 rings (SSSR count). The molecular weight excluding hydrogens is 626 g/mol. The third-order valence-corrected chi connectivity index (χ3v) is 8.68. The van der Waals surface area contributed by atoms with E-state index in [1.54, 1.807) is 24.3 Å². The number of esters is 1. The van der Waals surface area contributed by atoms with Gasteiger partial charge in [0.25, 0.3) is 5.91 Å². The molecule has 0 saturated carbocycles. The number of benzene rings is 3. The molecule has 1 saturated heterocycles. The van der Waals surface area contributed by atoms with Crippen LogP contribution < -0.4 is 5.32 Å². The molecule has 10 heteroatoms. The number of hydrogen-bond donors (Lipinski definition) is 1. The molecule has 1 heterocycles. The average Bonchev–Trinajstić information content (AvgIpc) is 2.91. The van der Waals surface area contributed by atoms with Crippen LogP contribution in [0.2, 0.25) is 20.1 Å². The smallest absolute Gasteiger partial charge is 0.303 e. The van der Waals surface area contributed by atoms with E-state index in [0.717, 1.165) is 50.0 Å². The number of rotatable bonds is 10. The summed E-state index contributed by atoms with van der Waals surface area (Å²) in [6, 6.07) is 20.6. The number of hydrogen-bond acceptors (Lipinski definition) is 4. The van der Waals surface area contributed by atoms with Crippen molar-refractivity contribution in [3.05, 3.63) is 104 Å². The highest BCUT2D eigenvalue weighted by atomic mass is 35.5. The molecule has 1 aliphatic rings. The maximum Gasteiger partial charge on any atom is 0.303 e. The Hall–Kier alpha value is -1.99. The van der Waals surface area contributed by atoms with Gasteiger partial charge < -0.3 is 15.0 Å². The average molecular weight is 659 g/mol. The van der Waals surface area contributed by atoms with Crippen molar-refractivity contribution in [2.75, 3.05) is 26.2 Å². The van der Waals surface area contributed by atoms with E-state index in [1.165, 1.54) is 6.92 Å². The topological polar surface area (TPSA) is 58.6 Å². The van der Waals surface area contributed by atoms with Gasteiger partial charge in [-0.25, -0.2) is 0 Å². The van der Waals surface area contributed by atoms with Crippen LogP contribution in [0.3, 0.4) is 0 Å². The lowest BCUT2D eigenvalue weighted by molar-refractivity contribution is -0.162. The molecule has 0 radical (unpaired) electrons. The molecule has 0 spiro atoms. The molecule has 0 aliphatic carbocycles. The Morgan fingerprint density at radius 1 is 0.927 bits per heavy atom. The van der Waals surface area contributed by atoms with Gasteiger partial charge in [0.1, 0.15) is 5.60 Å². The molecule has 5 nitrogen and oxygen atoms in total. The predicted octanol–water partition coefficient (Wildman–Crippen LogP) is 8.27. The van der Waals surface area contributed by atoms with Crippen LogP contribution in [-0.2, 0) is 16.0 Å². The van der Waals surface area contributed by atoms with Gasteiger partial charge in [0, 0.05) is 56.8 Å². The van der Waals surface area contributed by atoms with Crippen molar-refractivity contribution < 1.29 is 14.3 Å². The van der Waals surface area contributed by atoms with Crippen LogP contribution in [0.1, 0.15) is 53.6 Å². The third-order valence-electron chi connectivity index (χ3n) is 7.39. The van der Waals surface area contributed by atoms with Crippen molar-refractivity contribution in [2.45, 2.75) is 44.1 Å². The number of amides is 1. The van der Waals surface area contributed by atoms with Crippen molar-refractivity contribution in [3.8, 4) is 0 Å². The molecule has 0 aromatic heterocycles. The maximum atomic E-state index is 12.9. The number of nitrogens with zero attached hydrogens (tertiary/aromatic N) is 1. The summed E-state index contributed by atoms with van der Waals surface area (Å²) >= 11 is 24.7. The molecule has 1 unspecified atom stereocenters. The Balaban J connectivity index is 0.00000462. The van der Waals surface area contributed by atoms with Crippen LogP contribution >= 0.6 is 58.8 Å². The van der Waals surface area contributed by atoms with Crippen LogP contribution in [0.4, 0.5) is 0 Å². The number of piperidine rings is 1. The number of likely N-dealkylation sites (tertiary alicyclic amines) is 1. The second kappa shape index (κ2) is 15.5. The Kier molecular flexibility index (Phi) is 12.6. The van der Waals surface area contributed by atoms with E-state index in [4.69, 9.17) is 51.1 Å². The van der Waals surface area contributed by atoms with Crippen molar-refractivity contribution in [1.29, 1.82) is 0 Å². The summed E-state index contributed by atoms with van der Waals surface area (Å²) in [4.78, 5) is 27.3. The summed E-state index contributed by atoms with van der Waals surface area (Å²) in [6.07, 6.45) is 2.99. The Morgan fingerprint density at radius 2 is 1.63 bits per heavy atom. The van der Waals surface area contributed by atoms with Gasteiger partial charge in [-0.1, -0.05) is 82.8 Å². The first-order valence-corrected chi connectivity index (χ1v) is 14.8. The molecule has 1 amide bonds. The molecule has 3 aromatic rings. The first-order valence-electron chi connectivity index (χ1n) is 13.3. The minimum atomic E-state index is -0.501. The minimum Gasteiger partial charge on any atom is -0.459 e. The first kappa shape index (κ1) is 33.5. The van der Waals surface area contributed by atoms with Crippen LogP contribution in [0, 0.1) is 0 Å². The van der Waals surface area contributed by atoms with Crippen molar-refractivity contribution in [1.82, 2.24) is 10.2 Å². The van der Waals surface area contributed by atoms with E-state index in [2.05, 4.69) is 22.3 Å². The van der Waals surface area contributed by atoms with E-state index < -0.39 is 5.60 Å². The molecule has 1 fully saturated rings. The van der Waals surface area contributed by atoms with E-state index in [1.807, 2.05) is 30.3 Å². The summed E-state index contributed by atoms with van der Waals surface area (Å²) in [6.45, 7) is 4.30. The highest BCUT2D eigenvalue weighted by molar-refractivity contribution is 6.42. The molecule has 3 aromatic carbocycles. The Labute approximate surface area is 267 Å². The van der Waals surface area contributed by atoms with Crippen LogP contribution in [0.25, 0.3) is 0 Å². The quantitative estimate of drug-likeness (QED) is 0.223. The largest absolute Gasteiger partial charge is 0.459 e. The molecule has 1 N–H and O–H groups in total. The zero-order valence-corrected chi connectivity index (χ0v) is 26.5. The van der Waals surface area contributed by atoms with Gasteiger partial charge in [0.15, 0.2) is 0 Å². The van der Waals surface area contributed by atoms with E-state index >= 15 is 0 Å². The summed E-state index contributed by atoms with van der Waals surface area (Å²) in [5, 5.41) is 4.75. The lowest BCUT2D eigenvalue weighted by Gasteiger charge is -2.41. The monoisotopic (exact) mass is 656 g/mol. The van der Waals surface area contributed by atoms with E-state index in [0.29, 0.717) is 38.6 Å². The molecule has 1 aliphatic heterocycles. The highest BCUT2D eigenvalue weighted by Gasteiger charge is 2.37. The molecule has 41 heavy (non-hydrogen) atoms. The van der Waals surface area contributed by atoms with Crippen molar-refractivity contribution in [3.63, 3.8) is 0 Å². The first-order chi connectivity index (χ1) is 19.1.